The summed E-state index contributed by atoms with van der Waals surface area (Å²) in [7, 11) is 0. The van der Waals surface area contributed by atoms with Crippen molar-refractivity contribution in [3.05, 3.63) is 78.9 Å². The van der Waals surface area contributed by atoms with Gasteiger partial charge in [0.25, 0.3) is 0 Å². The van der Waals surface area contributed by atoms with Gasteiger partial charge in [0.05, 0.1) is 5.75 Å². The average Bonchev–Trinajstić information content (AvgIpc) is 3.25. The van der Waals surface area contributed by atoms with E-state index < -0.39 is 0 Å². The van der Waals surface area contributed by atoms with Crippen LogP contribution in [0.1, 0.15) is 17.8 Å². The third-order valence-electron chi connectivity index (χ3n) is 4.91. The molecule has 3 heterocycles. The Balaban J connectivity index is 1.32. The van der Waals surface area contributed by atoms with Crippen LogP contribution in [0.3, 0.4) is 0 Å². The molecule has 0 fully saturated rings. The van der Waals surface area contributed by atoms with Gasteiger partial charge in [-0.3, -0.25) is 4.57 Å². The largest absolute Gasteiger partial charge is 0.485 e. The summed E-state index contributed by atoms with van der Waals surface area (Å²) in [6.45, 7) is 4.73. The minimum absolute atomic E-state index is 0.142. The van der Waals surface area contributed by atoms with Gasteiger partial charge in [0, 0.05) is 12.2 Å². The lowest BCUT2D eigenvalue weighted by Crippen LogP contribution is -2.25. The molecule has 2 aromatic heterocycles. The highest BCUT2D eigenvalue weighted by atomic mass is 32.2. The van der Waals surface area contributed by atoms with Crippen molar-refractivity contribution in [1.29, 1.82) is 0 Å². The minimum Gasteiger partial charge on any atom is -0.485 e. The highest BCUT2D eigenvalue weighted by Crippen LogP contribution is 2.36. The molecule has 0 bridgehead atoms. The van der Waals surface area contributed by atoms with Crippen molar-refractivity contribution in [2.24, 2.45) is 0 Å². The maximum Gasteiger partial charge on any atom is 0.232 e. The highest BCUT2D eigenvalue weighted by Gasteiger charge is 2.28. The molecule has 34 heavy (non-hydrogen) atoms. The highest BCUT2D eigenvalue weighted by molar-refractivity contribution is 7.98. The lowest BCUT2D eigenvalue weighted by atomic mass is 10.2. The van der Waals surface area contributed by atoms with Crippen LogP contribution in [0.2, 0.25) is 0 Å². The van der Waals surface area contributed by atoms with Gasteiger partial charge in [-0.1, -0.05) is 48.2 Å². The quantitative estimate of drug-likeness (QED) is 0.288. The molecule has 11 heteroatoms. The Morgan fingerprint density at radius 1 is 1.06 bits per heavy atom. The van der Waals surface area contributed by atoms with Gasteiger partial charge < -0.3 is 20.5 Å². The van der Waals surface area contributed by atoms with E-state index in [-0.39, 0.29) is 12.1 Å². The summed E-state index contributed by atoms with van der Waals surface area (Å²) in [5.74, 6) is 3.54. The first-order valence-electron chi connectivity index (χ1n) is 10.6. The lowest BCUT2D eigenvalue weighted by molar-refractivity contribution is 0.0821. The van der Waals surface area contributed by atoms with Crippen molar-refractivity contribution in [2.45, 2.75) is 23.6 Å². The smallest absolute Gasteiger partial charge is 0.232 e. The molecule has 1 atom stereocenters. The molecule has 0 amide bonds. The molecule has 0 saturated carbocycles. The standard InChI is InChI=1S/C23H22N8O2S/c1-2-12-31-20(18-13-32-16-10-6-7-11-17(16)33-18)29-30-23(31)34-14-19-26-21(24)28-22(27-19)25-15-8-4-3-5-9-15/h2-11,18H,1,12-14H2,(H3,24,25,26,27,28)/t18-/m1/s1. The summed E-state index contributed by atoms with van der Waals surface area (Å²) in [5.41, 5.74) is 6.77. The van der Waals surface area contributed by atoms with Crippen LogP contribution in [0.4, 0.5) is 17.6 Å². The topological polar surface area (TPSA) is 126 Å². The predicted molar refractivity (Wildman–Crippen MR) is 129 cm³/mol. The second-order valence-electron chi connectivity index (χ2n) is 7.32. The molecule has 0 aliphatic carbocycles. The number of aromatic nitrogens is 6. The molecule has 172 valence electrons. The number of anilines is 3. The van der Waals surface area contributed by atoms with E-state index in [0.29, 0.717) is 47.4 Å². The first-order valence-corrected chi connectivity index (χ1v) is 11.6. The van der Waals surface area contributed by atoms with Gasteiger partial charge in [-0.15, -0.1) is 16.8 Å². The number of nitrogens with zero attached hydrogens (tertiary/aromatic N) is 6. The second kappa shape index (κ2) is 9.79. The average molecular weight is 475 g/mol. The number of fused-ring (bicyclic) bond motifs is 1. The third kappa shape index (κ3) is 4.79. The van der Waals surface area contributed by atoms with Crippen LogP contribution < -0.4 is 20.5 Å². The van der Waals surface area contributed by atoms with Crippen LogP contribution >= 0.6 is 11.8 Å². The van der Waals surface area contributed by atoms with Crippen LogP contribution in [0, 0.1) is 0 Å². The van der Waals surface area contributed by atoms with E-state index in [2.05, 4.69) is 37.0 Å². The molecule has 0 spiro atoms. The van der Waals surface area contributed by atoms with Crippen LogP contribution in [0.25, 0.3) is 0 Å². The monoisotopic (exact) mass is 474 g/mol. The van der Waals surface area contributed by atoms with E-state index in [9.17, 15) is 0 Å². The lowest BCUT2D eigenvalue weighted by Gasteiger charge is -2.26. The number of hydrogen-bond donors (Lipinski definition) is 2. The summed E-state index contributed by atoms with van der Waals surface area (Å²) in [6.07, 6.45) is 1.41. The molecule has 4 aromatic rings. The van der Waals surface area contributed by atoms with Crippen LogP contribution in [-0.4, -0.2) is 36.3 Å². The number of rotatable bonds is 8. The Kier molecular flexibility index (Phi) is 6.25. The number of nitrogens with two attached hydrogens (primary N) is 1. The molecule has 0 saturated heterocycles. The van der Waals surface area contributed by atoms with E-state index in [1.807, 2.05) is 59.2 Å². The van der Waals surface area contributed by atoms with Crippen molar-refractivity contribution in [3.8, 4) is 11.5 Å². The van der Waals surface area contributed by atoms with Crippen molar-refractivity contribution in [1.82, 2.24) is 29.7 Å². The number of nitrogen functional groups attached to an aromatic ring is 1. The first-order chi connectivity index (χ1) is 16.7. The van der Waals surface area contributed by atoms with E-state index in [1.54, 1.807) is 6.08 Å². The SMILES string of the molecule is C=CCn1c(SCc2nc(N)nc(Nc3ccccc3)n2)nnc1[C@H]1COc2ccccc2O1. The van der Waals surface area contributed by atoms with E-state index in [4.69, 9.17) is 15.2 Å². The Bertz CT molecular complexity index is 1300. The Hall–Kier alpha value is -4.12. The molecule has 10 nitrogen and oxygen atoms in total. The molecule has 0 radical (unpaired) electrons. The van der Waals surface area contributed by atoms with Crippen LogP contribution in [0.5, 0.6) is 11.5 Å². The van der Waals surface area contributed by atoms with E-state index in [0.717, 1.165) is 11.4 Å². The van der Waals surface area contributed by atoms with E-state index >= 15 is 0 Å². The molecule has 3 N–H and O–H groups in total. The molecule has 1 aliphatic heterocycles. The number of thioether (sulfide) groups is 1. The molecular weight excluding hydrogens is 452 g/mol. The number of benzene rings is 2. The second-order valence-corrected chi connectivity index (χ2v) is 8.26. The van der Waals surface area contributed by atoms with Crippen LogP contribution in [-0.2, 0) is 12.3 Å². The summed E-state index contributed by atoms with van der Waals surface area (Å²) < 4.78 is 13.9. The van der Waals surface area contributed by atoms with Gasteiger partial charge >= 0.3 is 0 Å². The minimum atomic E-state index is -0.383. The summed E-state index contributed by atoms with van der Waals surface area (Å²) in [5, 5.41) is 12.6. The number of nitrogens with one attached hydrogen (secondary N) is 1. The molecular formula is C23H22N8O2S. The fourth-order valence-electron chi connectivity index (χ4n) is 3.43. The van der Waals surface area contributed by atoms with E-state index in [1.165, 1.54) is 11.8 Å². The number of ether oxygens (including phenoxy) is 2. The third-order valence-corrected chi connectivity index (χ3v) is 5.88. The summed E-state index contributed by atoms with van der Waals surface area (Å²) in [6, 6.07) is 17.2. The Morgan fingerprint density at radius 2 is 1.85 bits per heavy atom. The maximum absolute atomic E-state index is 6.12. The Labute approximate surface area is 200 Å². The molecule has 0 unspecified atom stereocenters. The number of para-hydroxylation sites is 3. The fourth-order valence-corrected chi connectivity index (χ4v) is 4.24. The molecule has 1 aliphatic rings. The summed E-state index contributed by atoms with van der Waals surface area (Å²) >= 11 is 1.44. The van der Waals surface area contributed by atoms with Gasteiger partial charge in [-0.05, 0) is 24.3 Å². The fraction of sp³-hybridized carbons (Fsp3) is 0.174. The summed E-state index contributed by atoms with van der Waals surface area (Å²) in [4.78, 5) is 12.9. The maximum atomic E-state index is 6.12. The van der Waals surface area contributed by atoms with Gasteiger partial charge in [0.2, 0.25) is 11.9 Å². The van der Waals surface area contributed by atoms with Gasteiger partial charge in [-0.2, -0.15) is 15.0 Å². The van der Waals surface area contributed by atoms with Gasteiger partial charge in [0.1, 0.15) is 12.4 Å². The van der Waals surface area contributed by atoms with Crippen molar-refractivity contribution < 1.29 is 9.47 Å². The first kappa shape index (κ1) is 21.7. The van der Waals surface area contributed by atoms with Crippen molar-refractivity contribution in [3.63, 3.8) is 0 Å². The normalized spacial score (nSPS) is 14.5. The van der Waals surface area contributed by atoms with Crippen molar-refractivity contribution in [2.75, 3.05) is 17.7 Å². The number of hydrogen-bond acceptors (Lipinski definition) is 10. The van der Waals surface area contributed by atoms with Crippen molar-refractivity contribution >= 4 is 29.3 Å². The predicted octanol–water partition coefficient (Wildman–Crippen LogP) is 3.78. The van der Waals surface area contributed by atoms with Crippen LogP contribution in [0.15, 0.2) is 72.4 Å². The van der Waals surface area contributed by atoms with Gasteiger partial charge in [0.15, 0.2) is 28.6 Å². The number of allylic oxidation sites excluding steroid dienone is 1. The van der Waals surface area contributed by atoms with Gasteiger partial charge in [-0.25, -0.2) is 0 Å². The molecule has 5 rings (SSSR count). The zero-order chi connectivity index (χ0) is 23.3. The Morgan fingerprint density at radius 3 is 2.68 bits per heavy atom. The zero-order valence-corrected chi connectivity index (χ0v) is 19.0. The zero-order valence-electron chi connectivity index (χ0n) is 18.2. The molecule has 2 aromatic carbocycles.